The number of benzene rings is 3. The molecule has 32 heavy (non-hydrogen) atoms. The van der Waals surface area contributed by atoms with Crippen LogP contribution < -0.4 is 9.62 Å². The fraction of sp³-hybridized carbons (Fsp3) is 0.208. The summed E-state index contributed by atoms with van der Waals surface area (Å²) < 4.78 is 28.0. The summed E-state index contributed by atoms with van der Waals surface area (Å²) in [5.74, 6) is -0.494. The molecule has 0 fully saturated rings. The predicted octanol–water partition coefficient (Wildman–Crippen LogP) is 6.06. The molecule has 0 atom stereocenters. The molecular weight excluding hydrogens is 467 g/mol. The Morgan fingerprint density at radius 3 is 2.06 bits per heavy atom. The Labute approximate surface area is 199 Å². The van der Waals surface area contributed by atoms with Gasteiger partial charge in [0.2, 0.25) is 5.91 Å². The Morgan fingerprint density at radius 2 is 1.47 bits per heavy atom. The van der Waals surface area contributed by atoms with E-state index in [0.29, 0.717) is 10.7 Å². The summed E-state index contributed by atoms with van der Waals surface area (Å²) in [6.07, 6.45) is 0. The van der Waals surface area contributed by atoms with Crippen LogP contribution in [-0.2, 0) is 14.8 Å². The number of hydrogen-bond acceptors (Lipinski definition) is 3. The maximum absolute atomic E-state index is 13.5. The van der Waals surface area contributed by atoms with Crippen LogP contribution >= 0.6 is 23.2 Å². The van der Waals surface area contributed by atoms with Gasteiger partial charge in [0.05, 0.1) is 15.6 Å². The summed E-state index contributed by atoms with van der Waals surface area (Å²) in [6, 6.07) is 14.8. The summed E-state index contributed by atoms with van der Waals surface area (Å²) in [5.41, 5.74) is 4.57. The van der Waals surface area contributed by atoms with Gasteiger partial charge in [0.15, 0.2) is 0 Å². The molecule has 0 heterocycles. The first-order valence-electron chi connectivity index (χ1n) is 9.91. The van der Waals surface area contributed by atoms with E-state index in [0.717, 1.165) is 26.6 Å². The second kappa shape index (κ2) is 9.53. The van der Waals surface area contributed by atoms with E-state index in [2.05, 4.69) is 5.32 Å². The molecule has 0 spiro atoms. The first kappa shape index (κ1) is 24.1. The molecule has 3 aromatic rings. The van der Waals surface area contributed by atoms with Crippen molar-refractivity contribution in [1.82, 2.24) is 0 Å². The second-order valence-corrected chi connectivity index (χ2v) is 10.4. The molecule has 0 saturated carbocycles. The van der Waals surface area contributed by atoms with E-state index in [1.54, 1.807) is 18.2 Å². The van der Waals surface area contributed by atoms with Gasteiger partial charge in [-0.2, -0.15) is 0 Å². The Bertz CT molecular complexity index is 1250. The van der Waals surface area contributed by atoms with Gasteiger partial charge in [0, 0.05) is 10.7 Å². The van der Waals surface area contributed by atoms with Crippen LogP contribution in [-0.4, -0.2) is 20.9 Å². The highest BCUT2D eigenvalue weighted by Crippen LogP contribution is 2.33. The number of rotatable bonds is 6. The maximum atomic E-state index is 13.5. The van der Waals surface area contributed by atoms with E-state index < -0.39 is 22.5 Å². The SMILES string of the molecule is Cc1ccc(S(=O)(=O)N(CC(=O)Nc2c(C)cc(C)cc2C)c2cc(Cl)ccc2Cl)cc1. The lowest BCUT2D eigenvalue weighted by Crippen LogP contribution is -2.38. The highest BCUT2D eigenvalue weighted by Gasteiger charge is 2.29. The summed E-state index contributed by atoms with van der Waals surface area (Å²) in [6.45, 7) is 7.15. The molecule has 0 radical (unpaired) electrons. The lowest BCUT2D eigenvalue weighted by Gasteiger charge is -2.25. The molecule has 0 bridgehead atoms. The third-order valence-electron chi connectivity index (χ3n) is 5.01. The van der Waals surface area contributed by atoms with Crippen LogP contribution in [0.4, 0.5) is 11.4 Å². The molecule has 5 nitrogen and oxygen atoms in total. The molecule has 0 aliphatic carbocycles. The number of nitrogens with one attached hydrogen (secondary N) is 1. The summed E-state index contributed by atoms with van der Waals surface area (Å²) >= 11 is 12.4. The average Bonchev–Trinajstić information content (AvgIpc) is 2.71. The smallest absolute Gasteiger partial charge is 0.264 e. The van der Waals surface area contributed by atoms with E-state index in [1.807, 2.05) is 39.8 Å². The molecule has 0 aliphatic rings. The van der Waals surface area contributed by atoms with Crippen LogP contribution in [0.2, 0.25) is 10.0 Å². The number of anilines is 2. The first-order chi connectivity index (χ1) is 15.0. The third-order valence-corrected chi connectivity index (χ3v) is 7.34. The fourth-order valence-electron chi connectivity index (χ4n) is 3.50. The molecule has 1 N–H and O–H groups in total. The highest BCUT2D eigenvalue weighted by molar-refractivity contribution is 7.92. The van der Waals surface area contributed by atoms with E-state index in [9.17, 15) is 13.2 Å². The van der Waals surface area contributed by atoms with Crippen LogP contribution in [0.1, 0.15) is 22.3 Å². The van der Waals surface area contributed by atoms with Gasteiger partial charge in [0.25, 0.3) is 10.0 Å². The molecular formula is C24H24Cl2N2O3S. The van der Waals surface area contributed by atoms with Gasteiger partial charge >= 0.3 is 0 Å². The molecule has 0 saturated heterocycles. The van der Waals surface area contributed by atoms with Gasteiger partial charge in [-0.15, -0.1) is 0 Å². The highest BCUT2D eigenvalue weighted by atomic mass is 35.5. The Morgan fingerprint density at radius 1 is 0.875 bits per heavy atom. The summed E-state index contributed by atoms with van der Waals surface area (Å²) in [4.78, 5) is 13.1. The van der Waals surface area contributed by atoms with Gasteiger partial charge < -0.3 is 5.32 Å². The van der Waals surface area contributed by atoms with E-state index in [4.69, 9.17) is 23.2 Å². The molecule has 0 aromatic heterocycles. The number of hydrogen-bond donors (Lipinski definition) is 1. The number of sulfonamides is 1. The maximum Gasteiger partial charge on any atom is 0.264 e. The molecule has 8 heteroatoms. The van der Waals surface area contributed by atoms with Gasteiger partial charge in [-0.05, 0) is 69.2 Å². The van der Waals surface area contributed by atoms with Gasteiger partial charge in [-0.3, -0.25) is 9.10 Å². The lowest BCUT2D eigenvalue weighted by atomic mass is 10.1. The zero-order chi connectivity index (χ0) is 23.6. The van der Waals surface area contributed by atoms with Crippen molar-refractivity contribution in [2.75, 3.05) is 16.2 Å². The number of halogens is 2. The number of carbonyl (C=O) groups excluding carboxylic acids is 1. The van der Waals surface area contributed by atoms with Gasteiger partial charge in [0.1, 0.15) is 6.54 Å². The Balaban J connectivity index is 2.03. The summed E-state index contributed by atoms with van der Waals surface area (Å²) in [5, 5.41) is 3.32. The minimum atomic E-state index is -4.10. The van der Waals surface area contributed by atoms with Crippen molar-refractivity contribution in [3.05, 3.63) is 86.9 Å². The van der Waals surface area contributed by atoms with Crippen LogP contribution in [0, 0.1) is 27.7 Å². The van der Waals surface area contributed by atoms with Crippen molar-refractivity contribution in [2.24, 2.45) is 0 Å². The zero-order valence-electron chi connectivity index (χ0n) is 18.2. The molecule has 0 aliphatic heterocycles. The van der Waals surface area contributed by atoms with Crippen molar-refractivity contribution in [1.29, 1.82) is 0 Å². The fourth-order valence-corrected chi connectivity index (χ4v) is 5.37. The minimum absolute atomic E-state index is 0.0506. The van der Waals surface area contributed by atoms with Crippen molar-refractivity contribution in [2.45, 2.75) is 32.6 Å². The molecule has 3 aromatic carbocycles. The predicted molar refractivity (Wildman–Crippen MR) is 131 cm³/mol. The molecule has 0 unspecified atom stereocenters. The van der Waals surface area contributed by atoms with Crippen molar-refractivity contribution >= 4 is 50.5 Å². The molecule has 1 amide bonds. The number of carbonyl (C=O) groups is 1. The summed E-state index contributed by atoms with van der Waals surface area (Å²) in [7, 11) is -4.10. The molecule has 168 valence electrons. The minimum Gasteiger partial charge on any atom is -0.324 e. The molecule has 3 rings (SSSR count). The van der Waals surface area contributed by atoms with E-state index >= 15 is 0 Å². The van der Waals surface area contributed by atoms with Crippen molar-refractivity contribution in [3.8, 4) is 0 Å². The second-order valence-electron chi connectivity index (χ2n) is 7.74. The lowest BCUT2D eigenvalue weighted by molar-refractivity contribution is -0.114. The van der Waals surface area contributed by atoms with Crippen molar-refractivity contribution < 1.29 is 13.2 Å². The normalized spacial score (nSPS) is 11.3. The quantitative estimate of drug-likeness (QED) is 0.456. The van der Waals surface area contributed by atoms with Crippen LogP contribution in [0.25, 0.3) is 0 Å². The Hall–Kier alpha value is -2.54. The monoisotopic (exact) mass is 490 g/mol. The third kappa shape index (κ3) is 5.26. The van der Waals surface area contributed by atoms with Crippen LogP contribution in [0.3, 0.4) is 0 Å². The standard InChI is InChI=1S/C24H24Cl2N2O3S/c1-15-5-8-20(9-6-15)32(30,31)28(22-13-19(25)7-10-21(22)26)14-23(29)27-24-17(3)11-16(2)12-18(24)4/h5-13H,14H2,1-4H3,(H,27,29). The van der Waals surface area contributed by atoms with Gasteiger partial charge in [-0.25, -0.2) is 8.42 Å². The zero-order valence-corrected chi connectivity index (χ0v) is 20.6. The average molecular weight is 491 g/mol. The van der Waals surface area contributed by atoms with Gasteiger partial charge in [-0.1, -0.05) is 58.6 Å². The topological polar surface area (TPSA) is 66.5 Å². The van der Waals surface area contributed by atoms with Crippen LogP contribution in [0.15, 0.2) is 59.5 Å². The van der Waals surface area contributed by atoms with E-state index in [1.165, 1.54) is 24.3 Å². The van der Waals surface area contributed by atoms with Crippen molar-refractivity contribution in [3.63, 3.8) is 0 Å². The van der Waals surface area contributed by atoms with Crippen LogP contribution in [0.5, 0.6) is 0 Å². The number of aryl methyl sites for hydroxylation is 4. The largest absolute Gasteiger partial charge is 0.324 e. The number of amides is 1. The first-order valence-corrected chi connectivity index (χ1v) is 12.1. The Kier molecular flexibility index (Phi) is 7.18. The number of nitrogens with zero attached hydrogens (tertiary/aromatic N) is 1. The van der Waals surface area contributed by atoms with E-state index in [-0.39, 0.29) is 15.6 Å².